The lowest BCUT2D eigenvalue weighted by Crippen LogP contribution is -2.23. The van der Waals surface area contributed by atoms with Gasteiger partial charge in [0.2, 0.25) is 0 Å². The summed E-state index contributed by atoms with van der Waals surface area (Å²) in [4.78, 5) is 15.9. The first-order chi connectivity index (χ1) is 14.7. The molecule has 0 radical (unpaired) electrons. The van der Waals surface area contributed by atoms with Crippen LogP contribution in [0.5, 0.6) is 0 Å². The van der Waals surface area contributed by atoms with Gasteiger partial charge in [0.05, 0.1) is 22.4 Å². The molecule has 1 saturated carbocycles. The van der Waals surface area contributed by atoms with E-state index < -0.39 is 0 Å². The molecular weight excluding hydrogens is 374 g/mol. The second kappa shape index (κ2) is 7.78. The van der Waals surface area contributed by atoms with Gasteiger partial charge in [0.25, 0.3) is 0 Å². The molecule has 5 rings (SSSR count). The summed E-state index contributed by atoms with van der Waals surface area (Å²) in [5.41, 5.74) is 10.7. The average molecular weight is 402 g/mol. The molecule has 0 saturated heterocycles. The summed E-state index contributed by atoms with van der Waals surface area (Å²) in [6.07, 6.45) is 8.18. The molecule has 6 heteroatoms. The highest BCUT2D eigenvalue weighted by Gasteiger charge is 2.19. The number of aromatic nitrogens is 3. The van der Waals surface area contributed by atoms with Crippen molar-refractivity contribution >= 4 is 28.2 Å². The van der Waals surface area contributed by atoms with Crippen LogP contribution in [-0.2, 0) is 6.54 Å². The number of hydrogen-bond acceptors (Lipinski definition) is 3. The van der Waals surface area contributed by atoms with Crippen LogP contribution >= 0.6 is 0 Å². The maximum atomic E-state index is 12.8. The van der Waals surface area contributed by atoms with Crippen LogP contribution in [0.3, 0.4) is 0 Å². The predicted octanol–water partition coefficient (Wildman–Crippen LogP) is 5.03. The lowest BCUT2D eigenvalue weighted by Gasteiger charge is -2.22. The highest BCUT2D eigenvalue weighted by atomic mass is 16.1. The van der Waals surface area contributed by atoms with Gasteiger partial charge in [-0.3, -0.25) is 4.57 Å². The Morgan fingerprint density at radius 1 is 1.03 bits per heavy atom. The molecule has 2 aromatic carbocycles. The number of fused-ring (bicyclic) bond motifs is 1. The van der Waals surface area contributed by atoms with E-state index in [-0.39, 0.29) is 5.69 Å². The summed E-state index contributed by atoms with van der Waals surface area (Å²) in [6.45, 7) is 0.769. The van der Waals surface area contributed by atoms with E-state index in [9.17, 15) is 4.79 Å². The molecule has 1 aliphatic carbocycles. The third-order valence-corrected chi connectivity index (χ3v) is 6.15. The molecule has 0 spiro atoms. The minimum atomic E-state index is -0.0427. The fraction of sp³-hybridized carbons (Fsp3) is 0.292. The summed E-state index contributed by atoms with van der Waals surface area (Å²) >= 11 is 0. The molecule has 30 heavy (non-hydrogen) atoms. The van der Waals surface area contributed by atoms with Crippen LogP contribution in [0.1, 0.15) is 32.1 Å². The van der Waals surface area contributed by atoms with E-state index in [2.05, 4.69) is 16.4 Å². The van der Waals surface area contributed by atoms with Gasteiger partial charge in [-0.1, -0.05) is 37.5 Å². The topological polar surface area (TPSA) is 80.8 Å². The molecule has 4 aromatic rings. The van der Waals surface area contributed by atoms with Gasteiger partial charge in [-0.2, -0.15) is 0 Å². The van der Waals surface area contributed by atoms with Gasteiger partial charge in [0.15, 0.2) is 0 Å². The molecular formula is C24H27N5O. The van der Waals surface area contributed by atoms with Gasteiger partial charge in [-0.15, -0.1) is 0 Å². The van der Waals surface area contributed by atoms with Gasteiger partial charge >= 0.3 is 5.69 Å². The molecule has 4 N–H and O–H groups in total. The fourth-order valence-electron chi connectivity index (χ4n) is 4.59. The van der Waals surface area contributed by atoms with Crippen molar-refractivity contribution in [3.8, 4) is 5.69 Å². The predicted molar refractivity (Wildman–Crippen MR) is 123 cm³/mol. The van der Waals surface area contributed by atoms with Crippen molar-refractivity contribution < 1.29 is 0 Å². The van der Waals surface area contributed by atoms with Crippen molar-refractivity contribution in [1.29, 1.82) is 0 Å². The van der Waals surface area contributed by atoms with Crippen molar-refractivity contribution in [2.24, 2.45) is 5.92 Å². The highest BCUT2D eigenvalue weighted by Crippen LogP contribution is 2.32. The number of rotatable bonds is 5. The molecule has 2 aromatic heterocycles. The molecule has 6 nitrogen and oxygen atoms in total. The fourth-order valence-corrected chi connectivity index (χ4v) is 4.59. The zero-order valence-electron chi connectivity index (χ0n) is 17.0. The monoisotopic (exact) mass is 401 g/mol. The van der Waals surface area contributed by atoms with Gasteiger partial charge in [-0.25, -0.2) is 4.79 Å². The quantitative estimate of drug-likeness (QED) is 0.439. The van der Waals surface area contributed by atoms with Gasteiger partial charge in [-0.05, 0) is 55.2 Å². The standard InChI is InChI=1S/C24H27N5O/c25-23-12-7-13-28(23)21-15-22-20(14-19(21)26-18-10-5-2-6-11-18)27-24(30)29(22)16-17-8-3-1-4-9-17/h2,5-7,10-15,17,26H,1,3-4,8-9,16,25H2,(H,27,30). The van der Waals surface area contributed by atoms with Gasteiger partial charge in [0, 0.05) is 18.4 Å². The number of nitrogen functional groups attached to an aromatic ring is 1. The number of nitrogens with two attached hydrogens (primary N) is 1. The second-order valence-corrected chi connectivity index (χ2v) is 8.23. The van der Waals surface area contributed by atoms with E-state index in [1.165, 1.54) is 32.1 Å². The molecule has 154 valence electrons. The number of para-hydroxylation sites is 1. The summed E-state index contributed by atoms with van der Waals surface area (Å²) in [7, 11) is 0. The zero-order valence-corrected chi connectivity index (χ0v) is 17.0. The zero-order chi connectivity index (χ0) is 20.5. The number of imidazole rings is 1. The van der Waals surface area contributed by atoms with Crippen LogP contribution in [-0.4, -0.2) is 14.1 Å². The lowest BCUT2D eigenvalue weighted by atomic mass is 9.89. The Morgan fingerprint density at radius 3 is 2.57 bits per heavy atom. The first-order valence-corrected chi connectivity index (χ1v) is 10.7. The number of aromatic amines is 1. The second-order valence-electron chi connectivity index (χ2n) is 8.23. The Bertz CT molecular complexity index is 1210. The summed E-state index contributed by atoms with van der Waals surface area (Å²) in [5, 5.41) is 3.48. The molecule has 0 bridgehead atoms. The molecule has 1 fully saturated rings. The molecule has 0 atom stereocenters. The third kappa shape index (κ3) is 3.49. The normalized spacial score (nSPS) is 14.9. The first kappa shape index (κ1) is 18.6. The number of anilines is 3. The summed E-state index contributed by atoms with van der Waals surface area (Å²) in [6, 6.07) is 17.9. The smallest absolute Gasteiger partial charge is 0.326 e. The molecule has 0 aliphatic heterocycles. The van der Waals surface area contributed by atoms with Crippen LogP contribution in [0.25, 0.3) is 16.7 Å². The third-order valence-electron chi connectivity index (χ3n) is 6.15. The van der Waals surface area contributed by atoms with E-state index >= 15 is 0 Å². The number of hydrogen-bond donors (Lipinski definition) is 3. The Hall–Kier alpha value is -3.41. The SMILES string of the molecule is Nc1cccn1-c1cc2c(cc1Nc1ccccc1)[nH]c(=O)n2CC1CCCCC1. The van der Waals surface area contributed by atoms with Crippen LogP contribution in [0.15, 0.2) is 65.6 Å². The van der Waals surface area contributed by atoms with E-state index in [4.69, 9.17) is 5.73 Å². The average Bonchev–Trinajstić information content (AvgIpc) is 3.32. The largest absolute Gasteiger partial charge is 0.385 e. The van der Waals surface area contributed by atoms with Crippen molar-refractivity contribution in [3.63, 3.8) is 0 Å². The van der Waals surface area contributed by atoms with Gasteiger partial charge in [0.1, 0.15) is 5.82 Å². The van der Waals surface area contributed by atoms with Crippen LogP contribution in [0.4, 0.5) is 17.2 Å². The van der Waals surface area contributed by atoms with Gasteiger partial charge < -0.3 is 20.6 Å². The maximum absolute atomic E-state index is 12.8. The maximum Gasteiger partial charge on any atom is 0.326 e. The van der Waals surface area contributed by atoms with Crippen molar-refractivity contribution in [3.05, 3.63) is 71.3 Å². The van der Waals surface area contributed by atoms with E-state index in [0.29, 0.717) is 11.7 Å². The van der Waals surface area contributed by atoms with Crippen molar-refractivity contribution in [2.45, 2.75) is 38.6 Å². The number of benzene rings is 2. The van der Waals surface area contributed by atoms with Crippen LogP contribution < -0.4 is 16.7 Å². The number of nitrogens with zero attached hydrogens (tertiary/aromatic N) is 2. The number of nitrogens with one attached hydrogen (secondary N) is 2. The van der Waals surface area contributed by atoms with Crippen LogP contribution in [0.2, 0.25) is 0 Å². The molecule has 0 amide bonds. The highest BCUT2D eigenvalue weighted by molar-refractivity contribution is 5.87. The molecule has 0 unspecified atom stereocenters. The number of H-pyrrole nitrogens is 1. The Labute approximate surface area is 175 Å². The minimum Gasteiger partial charge on any atom is -0.385 e. The first-order valence-electron chi connectivity index (χ1n) is 10.7. The lowest BCUT2D eigenvalue weighted by molar-refractivity contribution is 0.319. The summed E-state index contributed by atoms with van der Waals surface area (Å²) in [5.74, 6) is 1.22. The van der Waals surface area contributed by atoms with Crippen LogP contribution in [0, 0.1) is 5.92 Å². The molecule has 2 heterocycles. The van der Waals surface area contributed by atoms with Crippen molar-refractivity contribution in [1.82, 2.24) is 14.1 Å². The Kier molecular flexibility index (Phi) is 4.83. The molecule has 1 aliphatic rings. The van der Waals surface area contributed by atoms with Crippen molar-refractivity contribution in [2.75, 3.05) is 11.1 Å². The van der Waals surface area contributed by atoms with E-state index in [1.807, 2.05) is 63.9 Å². The Morgan fingerprint density at radius 2 is 1.83 bits per heavy atom. The minimum absolute atomic E-state index is 0.0427. The van der Waals surface area contributed by atoms with E-state index in [1.54, 1.807) is 0 Å². The van der Waals surface area contributed by atoms with E-state index in [0.717, 1.165) is 34.6 Å². The Balaban J connectivity index is 1.62. The summed E-state index contributed by atoms with van der Waals surface area (Å²) < 4.78 is 3.86.